The molecule has 1 saturated carbocycles. The van der Waals surface area contributed by atoms with Crippen LogP contribution in [0.1, 0.15) is 29.8 Å². The first-order valence-corrected chi connectivity index (χ1v) is 6.69. The molecule has 1 aliphatic carbocycles. The van der Waals surface area contributed by atoms with Crippen molar-refractivity contribution in [1.82, 2.24) is 5.32 Å². The Hall–Kier alpha value is -1.81. The molecule has 0 bridgehead atoms. The third kappa shape index (κ3) is 2.49. The SMILES string of the molecule is O=C(NCC1CCCC1O)c1cc2ccccc2o1. The Bertz CT molecular complexity index is 557. The van der Waals surface area contributed by atoms with Crippen LogP contribution in [0.5, 0.6) is 0 Å². The van der Waals surface area contributed by atoms with Gasteiger partial charge in [0.25, 0.3) is 5.91 Å². The van der Waals surface area contributed by atoms with Crippen LogP contribution < -0.4 is 5.32 Å². The minimum Gasteiger partial charge on any atom is -0.451 e. The van der Waals surface area contributed by atoms with Crippen molar-refractivity contribution in [2.75, 3.05) is 6.54 Å². The summed E-state index contributed by atoms with van der Waals surface area (Å²) in [4.78, 5) is 12.0. The molecule has 2 aromatic rings. The van der Waals surface area contributed by atoms with Crippen molar-refractivity contribution < 1.29 is 14.3 Å². The molecule has 2 N–H and O–H groups in total. The number of hydrogen-bond donors (Lipinski definition) is 2. The molecule has 1 fully saturated rings. The molecule has 100 valence electrons. The molecule has 0 aliphatic heterocycles. The van der Waals surface area contributed by atoms with Gasteiger partial charge in [0, 0.05) is 17.8 Å². The number of benzene rings is 1. The zero-order chi connectivity index (χ0) is 13.2. The van der Waals surface area contributed by atoms with Crippen LogP contribution in [-0.2, 0) is 0 Å². The van der Waals surface area contributed by atoms with Gasteiger partial charge in [0.1, 0.15) is 5.58 Å². The van der Waals surface area contributed by atoms with E-state index in [1.165, 1.54) is 0 Å². The van der Waals surface area contributed by atoms with E-state index in [4.69, 9.17) is 4.42 Å². The van der Waals surface area contributed by atoms with E-state index in [0.29, 0.717) is 17.9 Å². The van der Waals surface area contributed by atoms with Gasteiger partial charge in [-0.05, 0) is 25.0 Å². The van der Waals surface area contributed by atoms with Gasteiger partial charge in [0.15, 0.2) is 5.76 Å². The summed E-state index contributed by atoms with van der Waals surface area (Å²) in [5, 5.41) is 13.5. The Morgan fingerprint density at radius 2 is 2.21 bits per heavy atom. The average molecular weight is 259 g/mol. The van der Waals surface area contributed by atoms with Crippen LogP contribution in [0.2, 0.25) is 0 Å². The van der Waals surface area contributed by atoms with Gasteiger partial charge < -0.3 is 14.8 Å². The predicted octanol–water partition coefficient (Wildman–Crippen LogP) is 2.32. The first-order valence-electron chi connectivity index (χ1n) is 6.69. The van der Waals surface area contributed by atoms with Gasteiger partial charge >= 0.3 is 0 Å². The minimum atomic E-state index is -0.282. The van der Waals surface area contributed by atoms with Crippen molar-refractivity contribution in [3.8, 4) is 0 Å². The monoisotopic (exact) mass is 259 g/mol. The summed E-state index contributed by atoms with van der Waals surface area (Å²) in [7, 11) is 0. The number of aliphatic hydroxyl groups is 1. The zero-order valence-corrected chi connectivity index (χ0v) is 10.6. The molecule has 1 heterocycles. The van der Waals surface area contributed by atoms with E-state index in [1.807, 2.05) is 24.3 Å². The van der Waals surface area contributed by atoms with E-state index >= 15 is 0 Å². The summed E-state index contributed by atoms with van der Waals surface area (Å²) in [6, 6.07) is 9.29. The zero-order valence-electron chi connectivity index (χ0n) is 10.6. The van der Waals surface area contributed by atoms with Crippen LogP contribution in [-0.4, -0.2) is 23.7 Å². The van der Waals surface area contributed by atoms with Crippen LogP contribution in [0.15, 0.2) is 34.7 Å². The number of amides is 1. The Labute approximate surface area is 111 Å². The lowest BCUT2D eigenvalue weighted by Crippen LogP contribution is -2.32. The Balaban J connectivity index is 1.66. The second-order valence-corrected chi connectivity index (χ2v) is 5.12. The quantitative estimate of drug-likeness (QED) is 0.889. The highest BCUT2D eigenvalue weighted by Crippen LogP contribution is 2.25. The molecule has 3 rings (SSSR count). The molecule has 4 heteroatoms. The molecule has 0 radical (unpaired) electrons. The summed E-state index contributed by atoms with van der Waals surface area (Å²) >= 11 is 0. The van der Waals surface area contributed by atoms with Crippen molar-refractivity contribution in [3.63, 3.8) is 0 Å². The van der Waals surface area contributed by atoms with Crippen molar-refractivity contribution >= 4 is 16.9 Å². The number of nitrogens with one attached hydrogen (secondary N) is 1. The maximum atomic E-state index is 12.0. The van der Waals surface area contributed by atoms with Gasteiger partial charge in [0.05, 0.1) is 6.10 Å². The van der Waals surface area contributed by atoms with E-state index < -0.39 is 0 Å². The van der Waals surface area contributed by atoms with E-state index in [2.05, 4.69) is 5.32 Å². The molecule has 0 saturated heterocycles. The van der Waals surface area contributed by atoms with E-state index in [9.17, 15) is 9.90 Å². The van der Waals surface area contributed by atoms with Crippen molar-refractivity contribution in [3.05, 3.63) is 36.1 Å². The third-order valence-electron chi connectivity index (χ3n) is 3.79. The van der Waals surface area contributed by atoms with E-state index in [1.54, 1.807) is 6.07 Å². The largest absolute Gasteiger partial charge is 0.451 e. The first kappa shape index (κ1) is 12.2. The van der Waals surface area contributed by atoms with Crippen molar-refractivity contribution in [1.29, 1.82) is 0 Å². The molecular formula is C15H17NO3. The number of para-hydroxylation sites is 1. The Kier molecular flexibility index (Phi) is 3.25. The molecular weight excluding hydrogens is 242 g/mol. The van der Waals surface area contributed by atoms with Crippen LogP contribution in [0, 0.1) is 5.92 Å². The van der Waals surface area contributed by atoms with Gasteiger partial charge in [-0.3, -0.25) is 4.79 Å². The number of fused-ring (bicyclic) bond motifs is 1. The van der Waals surface area contributed by atoms with Crippen molar-refractivity contribution in [2.45, 2.75) is 25.4 Å². The molecule has 2 unspecified atom stereocenters. The summed E-state index contributed by atoms with van der Waals surface area (Å²) < 4.78 is 5.50. The van der Waals surface area contributed by atoms with Crippen LogP contribution >= 0.6 is 0 Å². The highest BCUT2D eigenvalue weighted by atomic mass is 16.3. The lowest BCUT2D eigenvalue weighted by Gasteiger charge is -2.14. The molecule has 1 amide bonds. The molecule has 1 aromatic heterocycles. The van der Waals surface area contributed by atoms with Crippen molar-refractivity contribution in [2.24, 2.45) is 5.92 Å². The third-order valence-corrected chi connectivity index (χ3v) is 3.79. The number of furan rings is 1. The van der Waals surface area contributed by atoms with Gasteiger partial charge in [-0.2, -0.15) is 0 Å². The second-order valence-electron chi connectivity index (χ2n) is 5.12. The summed E-state index contributed by atoms with van der Waals surface area (Å²) in [6.45, 7) is 0.511. The lowest BCUT2D eigenvalue weighted by molar-refractivity contribution is 0.0892. The fraction of sp³-hybridized carbons (Fsp3) is 0.400. The Morgan fingerprint density at radius 3 is 2.95 bits per heavy atom. The fourth-order valence-electron chi connectivity index (χ4n) is 2.66. The average Bonchev–Trinajstić information content (AvgIpc) is 3.01. The van der Waals surface area contributed by atoms with E-state index in [0.717, 1.165) is 24.6 Å². The molecule has 4 nitrogen and oxygen atoms in total. The fourth-order valence-corrected chi connectivity index (χ4v) is 2.66. The maximum Gasteiger partial charge on any atom is 0.287 e. The van der Waals surface area contributed by atoms with Gasteiger partial charge in [-0.25, -0.2) is 0 Å². The van der Waals surface area contributed by atoms with Gasteiger partial charge in [-0.1, -0.05) is 24.6 Å². The standard InChI is InChI=1S/C15H17NO3/c17-12-6-3-5-11(12)9-16-15(18)14-8-10-4-1-2-7-13(10)19-14/h1-2,4,7-8,11-12,17H,3,5-6,9H2,(H,16,18). The van der Waals surface area contributed by atoms with E-state index in [-0.39, 0.29) is 17.9 Å². The minimum absolute atomic E-state index is 0.174. The highest BCUT2D eigenvalue weighted by Gasteiger charge is 2.25. The highest BCUT2D eigenvalue weighted by molar-refractivity contribution is 5.96. The summed E-state index contributed by atoms with van der Waals surface area (Å²) in [5.74, 6) is 0.289. The number of aliphatic hydroxyl groups excluding tert-OH is 1. The smallest absolute Gasteiger partial charge is 0.287 e. The Morgan fingerprint density at radius 1 is 1.37 bits per heavy atom. The van der Waals surface area contributed by atoms with Crippen LogP contribution in [0.3, 0.4) is 0 Å². The maximum absolute atomic E-state index is 12.0. The summed E-state index contributed by atoms with van der Waals surface area (Å²) in [6.07, 6.45) is 2.56. The first-order chi connectivity index (χ1) is 9.24. The van der Waals surface area contributed by atoms with Gasteiger partial charge in [-0.15, -0.1) is 0 Å². The number of hydrogen-bond acceptors (Lipinski definition) is 3. The number of carbonyl (C=O) groups is 1. The molecule has 2 atom stereocenters. The lowest BCUT2D eigenvalue weighted by atomic mass is 10.1. The van der Waals surface area contributed by atoms with Gasteiger partial charge in [0.2, 0.25) is 0 Å². The van der Waals surface area contributed by atoms with Crippen LogP contribution in [0.4, 0.5) is 0 Å². The van der Waals surface area contributed by atoms with Crippen LogP contribution in [0.25, 0.3) is 11.0 Å². The predicted molar refractivity (Wildman–Crippen MR) is 71.9 cm³/mol. The molecule has 0 spiro atoms. The normalized spacial score (nSPS) is 22.8. The molecule has 19 heavy (non-hydrogen) atoms. The number of carbonyl (C=O) groups excluding carboxylic acids is 1. The molecule has 1 aromatic carbocycles. The molecule has 1 aliphatic rings. The number of rotatable bonds is 3. The second kappa shape index (κ2) is 5.05. The summed E-state index contributed by atoms with van der Waals surface area (Å²) in [5.41, 5.74) is 0.716. The topological polar surface area (TPSA) is 62.5 Å².